The van der Waals surface area contributed by atoms with Gasteiger partial charge in [-0.15, -0.1) is 0 Å². The molecule has 2 aromatic heterocycles. The highest BCUT2D eigenvalue weighted by Gasteiger charge is 2.18. The summed E-state index contributed by atoms with van der Waals surface area (Å²) in [6, 6.07) is 5.41. The van der Waals surface area contributed by atoms with Crippen LogP contribution in [0.1, 0.15) is 45.7 Å². The van der Waals surface area contributed by atoms with E-state index in [1.54, 1.807) is 25.4 Å². The summed E-state index contributed by atoms with van der Waals surface area (Å²) in [6.07, 6.45) is 1.97. The van der Waals surface area contributed by atoms with Crippen molar-refractivity contribution in [1.82, 2.24) is 19.5 Å². The smallest absolute Gasteiger partial charge is 0.227 e. The topological polar surface area (TPSA) is 114 Å². The zero-order chi connectivity index (χ0) is 21.1. The maximum absolute atomic E-state index is 9.99. The van der Waals surface area contributed by atoms with E-state index >= 15 is 0 Å². The Bertz CT molecular complexity index is 986. The van der Waals surface area contributed by atoms with Crippen molar-refractivity contribution in [3.63, 3.8) is 0 Å². The first kappa shape index (κ1) is 21.1. The van der Waals surface area contributed by atoms with Gasteiger partial charge in [0, 0.05) is 23.3 Å². The van der Waals surface area contributed by atoms with Crippen LogP contribution < -0.4 is 16.4 Å². The van der Waals surface area contributed by atoms with E-state index in [0.717, 1.165) is 17.6 Å². The van der Waals surface area contributed by atoms with Gasteiger partial charge >= 0.3 is 0 Å². The lowest BCUT2D eigenvalue weighted by Gasteiger charge is -2.20. The number of aromatic nitrogens is 4. The molecular formula is C20H28ClN7O. The normalized spacial score (nSPS) is 13.6. The molecule has 1 aromatic carbocycles. The quantitative estimate of drug-likeness (QED) is 0.412. The highest BCUT2D eigenvalue weighted by atomic mass is 35.5. The third-order valence-electron chi connectivity index (χ3n) is 4.87. The molecule has 9 heteroatoms. The molecule has 3 rings (SSSR count). The summed E-state index contributed by atoms with van der Waals surface area (Å²) in [5.74, 6) is 1.03. The van der Waals surface area contributed by atoms with Gasteiger partial charge in [0.2, 0.25) is 5.95 Å². The molecule has 0 fully saturated rings. The molecule has 2 heterocycles. The summed E-state index contributed by atoms with van der Waals surface area (Å²) in [5, 5.41) is 17.2. The zero-order valence-corrected chi connectivity index (χ0v) is 17.9. The van der Waals surface area contributed by atoms with Crippen LogP contribution in [0.15, 0.2) is 24.5 Å². The van der Waals surface area contributed by atoms with Crippen LogP contribution in [0, 0.1) is 0 Å². The van der Waals surface area contributed by atoms with Gasteiger partial charge in [0.1, 0.15) is 0 Å². The summed E-state index contributed by atoms with van der Waals surface area (Å²) in [6.45, 7) is 8.34. The largest absolute Gasteiger partial charge is 0.398 e. The van der Waals surface area contributed by atoms with Gasteiger partial charge in [-0.05, 0) is 51.0 Å². The number of hydrogen-bond donors (Lipinski definition) is 4. The Morgan fingerprint density at radius 2 is 2.00 bits per heavy atom. The minimum atomic E-state index is -0.531. The number of imidazole rings is 1. The van der Waals surface area contributed by atoms with Crippen molar-refractivity contribution in [2.24, 2.45) is 0 Å². The molecule has 29 heavy (non-hydrogen) atoms. The molecule has 0 bridgehead atoms. The molecule has 0 aliphatic heterocycles. The van der Waals surface area contributed by atoms with Crippen molar-refractivity contribution in [3.8, 4) is 0 Å². The number of aliphatic hydroxyl groups excluding tert-OH is 1. The maximum Gasteiger partial charge on any atom is 0.227 e. The molecule has 156 valence electrons. The van der Waals surface area contributed by atoms with Crippen molar-refractivity contribution in [1.29, 1.82) is 0 Å². The lowest BCUT2D eigenvalue weighted by molar-refractivity contribution is 0.169. The third-order valence-corrected chi connectivity index (χ3v) is 5.10. The van der Waals surface area contributed by atoms with Crippen LogP contribution in [-0.2, 0) is 6.54 Å². The van der Waals surface area contributed by atoms with Crippen LogP contribution in [0.5, 0.6) is 0 Å². The number of anilines is 3. The minimum absolute atomic E-state index is 0.153. The first-order valence-corrected chi connectivity index (χ1v) is 10.1. The van der Waals surface area contributed by atoms with E-state index in [1.165, 1.54) is 0 Å². The van der Waals surface area contributed by atoms with Crippen molar-refractivity contribution in [2.45, 2.75) is 58.8 Å². The lowest BCUT2D eigenvalue weighted by Crippen LogP contribution is -2.31. The molecule has 0 amide bonds. The summed E-state index contributed by atoms with van der Waals surface area (Å²) in [5.41, 5.74) is 8.99. The van der Waals surface area contributed by atoms with Crippen LogP contribution in [0.4, 0.5) is 17.5 Å². The number of halogens is 1. The fraction of sp³-hybridized carbons (Fsp3) is 0.450. The number of aliphatic hydroxyl groups is 1. The molecule has 2 atom stereocenters. The predicted molar refractivity (Wildman–Crippen MR) is 118 cm³/mol. The maximum atomic E-state index is 9.99. The summed E-state index contributed by atoms with van der Waals surface area (Å²) in [4.78, 5) is 13.8. The highest BCUT2D eigenvalue weighted by Crippen LogP contribution is 2.25. The van der Waals surface area contributed by atoms with Crippen molar-refractivity contribution in [2.75, 3.05) is 16.4 Å². The number of nitrogens with zero attached hydrogens (tertiary/aromatic N) is 4. The Balaban J connectivity index is 1.98. The van der Waals surface area contributed by atoms with E-state index in [1.807, 2.05) is 17.6 Å². The number of hydrogen-bond acceptors (Lipinski definition) is 7. The van der Waals surface area contributed by atoms with E-state index in [0.29, 0.717) is 34.5 Å². The van der Waals surface area contributed by atoms with Crippen LogP contribution in [-0.4, -0.2) is 36.8 Å². The minimum Gasteiger partial charge on any atom is -0.398 e. The Kier molecular flexibility index (Phi) is 6.44. The van der Waals surface area contributed by atoms with Gasteiger partial charge in [0.05, 0.1) is 18.5 Å². The van der Waals surface area contributed by atoms with Crippen LogP contribution >= 0.6 is 11.6 Å². The number of fused-ring (bicyclic) bond motifs is 1. The summed E-state index contributed by atoms with van der Waals surface area (Å²) < 4.78 is 1.99. The third kappa shape index (κ3) is 4.71. The zero-order valence-electron chi connectivity index (χ0n) is 17.1. The molecule has 0 aliphatic carbocycles. The van der Waals surface area contributed by atoms with Gasteiger partial charge in [-0.3, -0.25) is 0 Å². The molecule has 8 nitrogen and oxygen atoms in total. The van der Waals surface area contributed by atoms with Crippen LogP contribution in [0.25, 0.3) is 11.2 Å². The fourth-order valence-electron chi connectivity index (χ4n) is 3.12. The molecule has 2 unspecified atom stereocenters. The standard InChI is InChI=1S/C20H28ClN7O/c1-5-16(12(4)29)25-20-26-18(17-19(27-20)28(10-24-17)11(2)3)23-9-13-8-14(21)6-7-15(13)22/h6-8,10-12,16,29H,5,9,22H2,1-4H3,(H2,23,25,26,27). The monoisotopic (exact) mass is 417 g/mol. The molecule has 0 spiro atoms. The number of nitrogens with two attached hydrogens (primary N) is 1. The average Bonchev–Trinajstić information content (AvgIpc) is 3.10. The van der Waals surface area contributed by atoms with Crippen LogP contribution in [0.3, 0.4) is 0 Å². The number of benzene rings is 1. The molecule has 0 saturated carbocycles. The van der Waals surface area contributed by atoms with E-state index in [9.17, 15) is 5.11 Å². The first-order chi connectivity index (χ1) is 13.8. The van der Waals surface area contributed by atoms with Gasteiger partial charge in [-0.25, -0.2) is 4.98 Å². The lowest BCUT2D eigenvalue weighted by atomic mass is 10.1. The van der Waals surface area contributed by atoms with Gasteiger partial charge < -0.3 is 26.0 Å². The Labute approximate surface area is 175 Å². The number of nitrogen functional groups attached to an aromatic ring is 1. The average molecular weight is 418 g/mol. The van der Waals surface area contributed by atoms with Gasteiger partial charge in [0.15, 0.2) is 17.0 Å². The summed E-state index contributed by atoms with van der Waals surface area (Å²) in [7, 11) is 0. The number of rotatable bonds is 8. The van der Waals surface area contributed by atoms with E-state index in [-0.39, 0.29) is 12.1 Å². The van der Waals surface area contributed by atoms with Crippen molar-refractivity contribution in [3.05, 3.63) is 35.1 Å². The van der Waals surface area contributed by atoms with E-state index in [2.05, 4.69) is 39.4 Å². The Morgan fingerprint density at radius 1 is 1.24 bits per heavy atom. The second kappa shape index (κ2) is 8.84. The fourth-order valence-corrected chi connectivity index (χ4v) is 3.31. The summed E-state index contributed by atoms with van der Waals surface area (Å²) >= 11 is 6.10. The van der Waals surface area contributed by atoms with Crippen molar-refractivity contribution < 1.29 is 5.11 Å². The SMILES string of the molecule is CCC(Nc1nc(NCc2cc(Cl)ccc2N)c2ncn(C(C)C)c2n1)C(C)O. The molecule has 0 radical (unpaired) electrons. The van der Waals surface area contributed by atoms with Crippen LogP contribution in [0.2, 0.25) is 5.02 Å². The molecule has 0 saturated heterocycles. The predicted octanol–water partition coefficient (Wildman–Crippen LogP) is 3.83. The van der Waals surface area contributed by atoms with Gasteiger partial charge in [-0.2, -0.15) is 9.97 Å². The van der Waals surface area contributed by atoms with Gasteiger partial charge in [-0.1, -0.05) is 18.5 Å². The first-order valence-electron chi connectivity index (χ1n) is 9.77. The van der Waals surface area contributed by atoms with E-state index in [4.69, 9.17) is 17.3 Å². The molecule has 3 aromatic rings. The van der Waals surface area contributed by atoms with E-state index < -0.39 is 6.10 Å². The molecule has 5 N–H and O–H groups in total. The Hall–Kier alpha value is -2.58. The highest BCUT2D eigenvalue weighted by molar-refractivity contribution is 6.30. The number of nitrogens with one attached hydrogen (secondary N) is 2. The molecule has 0 aliphatic rings. The van der Waals surface area contributed by atoms with Gasteiger partial charge in [0.25, 0.3) is 0 Å². The second-order valence-electron chi connectivity index (χ2n) is 7.41. The molecular weight excluding hydrogens is 390 g/mol. The second-order valence-corrected chi connectivity index (χ2v) is 7.85. The van der Waals surface area contributed by atoms with Crippen molar-refractivity contribution >= 4 is 40.2 Å². The Morgan fingerprint density at radius 3 is 2.66 bits per heavy atom.